The zero-order valence-corrected chi connectivity index (χ0v) is 15.6. The molecular weight excluding hydrogens is 396 g/mol. The number of nitrogens with one attached hydrogen (secondary N) is 1. The number of halogens is 1. The van der Waals surface area contributed by atoms with E-state index in [2.05, 4.69) is 25.9 Å². The Labute approximate surface area is 149 Å². The van der Waals surface area contributed by atoms with Crippen LogP contribution in [-0.4, -0.2) is 28.3 Å². The van der Waals surface area contributed by atoms with Crippen molar-refractivity contribution in [3.8, 4) is 11.5 Å². The fourth-order valence-corrected chi connectivity index (χ4v) is 3.38. The van der Waals surface area contributed by atoms with Crippen LogP contribution in [0.4, 0.5) is 0 Å². The Morgan fingerprint density at radius 2 is 1.96 bits per heavy atom. The normalized spacial score (nSPS) is 11.5. The Bertz CT molecular complexity index is 823. The largest absolute Gasteiger partial charge is 0.492 e. The van der Waals surface area contributed by atoms with Gasteiger partial charge in [0.1, 0.15) is 0 Å². The monoisotopic (exact) mass is 412 g/mol. The summed E-state index contributed by atoms with van der Waals surface area (Å²) in [6.45, 7) is 2.34. The van der Waals surface area contributed by atoms with Gasteiger partial charge in [-0.3, -0.25) is 0 Å². The van der Waals surface area contributed by atoms with Crippen LogP contribution in [-0.2, 0) is 10.0 Å². The van der Waals surface area contributed by atoms with Crippen molar-refractivity contribution in [2.45, 2.75) is 11.8 Å². The van der Waals surface area contributed by atoms with E-state index in [4.69, 9.17) is 9.47 Å². The van der Waals surface area contributed by atoms with Gasteiger partial charge < -0.3 is 9.47 Å². The maximum absolute atomic E-state index is 12.1. The molecule has 0 heterocycles. The third-order valence-electron chi connectivity index (χ3n) is 2.98. The lowest BCUT2D eigenvalue weighted by atomic mass is 10.2. The SMILES string of the molecule is CCOc1cc(/C=N\NS(=O)(=O)c2ccccc2)cc(Br)c1OC. The highest BCUT2D eigenvalue weighted by Gasteiger charge is 2.12. The van der Waals surface area contributed by atoms with Gasteiger partial charge in [-0.05, 0) is 52.7 Å². The lowest BCUT2D eigenvalue weighted by Gasteiger charge is -2.11. The van der Waals surface area contributed by atoms with E-state index in [1.807, 2.05) is 6.92 Å². The molecular formula is C16H17BrN2O4S. The summed E-state index contributed by atoms with van der Waals surface area (Å²) in [5, 5.41) is 3.81. The van der Waals surface area contributed by atoms with Gasteiger partial charge in [-0.25, -0.2) is 4.83 Å². The van der Waals surface area contributed by atoms with Crippen molar-refractivity contribution < 1.29 is 17.9 Å². The highest BCUT2D eigenvalue weighted by molar-refractivity contribution is 9.10. The molecule has 1 N–H and O–H groups in total. The molecule has 6 nitrogen and oxygen atoms in total. The van der Waals surface area contributed by atoms with Gasteiger partial charge in [-0.15, -0.1) is 0 Å². The van der Waals surface area contributed by atoms with E-state index < -0.39 is 10.0 Å². The highest BCUT2D eigenvalue weighted by atomic mass is 79.9. The van der Waals surface area contributed by atoms with Crippen LogP contribution in [0.2, 0.25) is 0 Å². The Morgan fingerprint density at radius 3 is 2.58 bits per heavy atom. The number of hydrazone groups is 1. The number of rotatable bonds is 7. The zero-order valence-electron chi connectivity index (χ0n) is 13.2. The van der Waals surface area contributed by atoms with E-state index in [0.717, 1.165) is 0 Å². The Kier molecular flexibility index (Phi) is 6.22. The molecule has 0 aromatic heterocycles. The number of ether oxygens (including phenoxy) is 2. The van der Waals surface area contributed by atoms with Crippen molar-refractivity contribution in [1.82, 2.24) is 4.83 Å². The number of hydrogen-bond acceptors (Lipinski definition) is 5. The highest BCUT2D eigenvalue weighted by Crippen LogP contribution is 2.36. The molecule has 0 radical (unpaired) electrons. The summed E-state index contributed by atoms with van der Waals surface area (Å²) in [4.78, 5) is 2.32. The minimum absolute atomic E-state index is 0.146. The van der Waals surface area contributed by atoms with Crippen molar-refractivity contribution in [2.75, 3.05) is 13.7 Å². The number of sulfonamides is 1. The molecule has 0 spiro atoms. The molecule has 2 aromatic carbocycles. The minimum Gasteiger partial charge on any atom is -0.492 e. The lowest BCUT2D eigenvalue weighted by molar-refractivity contribution is 0.310. The van der Waals surface area contributed by atoms with Gasteiger partial charge in [0, 0.05) is 0 Å². The van der Waals surface area contributed by atoms with Crippen LogP contribution in [0.5, 0.6) is 11.5 Å². The maximum atomic E-state index is 12.1. The van der Waals surface area contributed by atoms with E-state index in [0.29, 0.717) is 28.1 Å². The first-order valence-electron chi connectivity index (χ1n) is 7.08. The minimum atomic E-state index is -3.69. The van der Waals surface area contributed by atoms with Crippen LogP contribution in [0.15, 0.2) is 56.9 Å². The Morgan fingerprint density at radius 1 is 1.25 bits per heavy atom. The van der Waals surface area contributed by atoms with E-state index >= 15 is 0 Å². The topological polar surface area (TPSA) is 77.0 Å². The molecule has 0 unspecified atom stereocenters. The second-order valence-corrected chi connectivity index (χ2v) is 7.15. The van der Waals surface area contributed by atoms with Crippen LogP contribution in [0, 0.1) is 0 Å². The van der Waals surface area contributed by atoms with Gasteiger partial charge in [0.2, 0.25) is 0 Å². The molecule has 0 aliphatic heterocycles. The molecule has 0 aliphatic carbocycles. The molecule has 2 aromatic rings. The molecule has 24 heavy (non-hydrogen) atoms. The van der Waals surface area contributed by atoms with Crippen LogP contribution < -0.4 is 14.3 Å². The predicted octanol–water partition coefficient (Wildman–Crippen LogP) is 3.17. The predicted molar refractivity (Wildman–Crippen MR) is 96.2 cm³/mol. The molecule has 0 aliphatic rings. The van der Waals surface area contributed by atoms with E-state index in [1.165, 1.54) is 18.3 Å². The standard InChI is InChI=1S/C16H17BrN2O4S/c1-3-23-15-10-12(9-14(17)16(15)22-2)11-18-19-24(20,21)13-7-5-4-6-8-13/h4-11,19H,3H2,1-2H3/b18-11-. The Hall–Kier alpha value is -2.06. The summed E-state index contributed by atoms with van der Waals surface area (Å²) >= 11 is 3.39. The third-order valence-corrected chi connectivity index (χ3v) is 4.80. The second-order valence-electron chi connectivity index (χ2n) is 4.63. The quantitative estimate of drug-likeness (QED) is 0.559. The summed E-state index contributed by atoms with van der Waals surface area (Å²) < 4.78 is 35.6. The molecule has 0 amide bonds. The van der Waals surface area contributed by atoms with Crippen molar-refractivity contribution in [3.63, 3.8) is 0 Å². The van der Waals surface area contributed by atoms with E-state index in [-0.39, 0.29) is 4.90 Å². The smallest absolute Gasteiger partial charge is 0.276 e. The van der Waals surface area contributed by atoms with Crippen molar-refractivity contribution in [2.24, 2.45) is 5.10 Å². The van der Waals surface area contributed by atoms with Crippen molar-refractivity contribution in [1.29, 1.82) is 0 Å². The first-order valence-corrected chi connectivity index (χ1v) is 9.35. The second kappa shape index (κ2) is 8.16. The number of methoxy groups -OCH3 is 1. The number of benzene rings is 2. The summed E-state index contributed by atoms with van der Waals surface area (Å²) in [5.74, 6) is 1.11. The molecule has 0 fully saturated rings. The number of nitrogens with zero attached hydrogens (tertiary/aromatic N) is 1. The maximum Gasteiger partial charge on any atom is 0.276 e. The van der Waals surface area contributed by atoms with Gasteiger partial charge in [0.05, 0.1) is 29.3 Å². The molecule has 128 valence electrons. The summed E-state index contributed by atoms with van der Waals surface area (Å²) in [7, 11) is -2.14. The van der Waals surface area contributed by atoms with Crippen LogP contribution in [0.25, 0.3) is 0 Å². The average Bonchev–Trinajstić information content (AvgIpc) is 2.56. The molecule has 0 bridgehead atoms. The Balaban J connectivity index is 2.20. The molecule has 8 heteroatoms. The van der Waals surface area contributed by atoms with Crippen LogP contribution in [0.3, 0.4) is 0 Å². The molecule has 0 atom stereocenters. The van der Waals surface area contributed by atoms with Crippen molar-refractivity contribution in [3.05, 3.63) is 52.5 Å². The van der Waals surface area contributed by atoms with Crippen LogP contribution in [0.1, 0.15) is 12.5 Å². The lowest BCUT2D eigenvalue weighted by Crippen LogP contribution is -2.18. The van der Waals surface area contributed by atoms with Gasteiger partial charge in [0.25, 0.3) is 10.0 Å². The molecule has 0 saturated carbocycles. The average molecular weight is 413 g/mol. The van der Waals surface area contributed by atoms with Gasteiger partial charge in [0.15, 0.2) is 11.5 Å². The van der Waals surface area contributed by atoms with Crippen LogP contribution >= 0.6 is 15.9 Å². The molecule has 2 rings (SSSR count). The van der Waals surface area contributed by atoms with Gasteiger partial charge >= 0.3 is 0 Å². The molecule has 0 saturated heterocycles. The fourth-order valence-electron chi connectivity index (χ4n) is 1.95. The summed E-state index contributed by atoms with van der Waals surface area (Å²) in [6.07, 6.45) is 1.40. The van der Waals surface area contributed by atoms with Crippen molar-refractivity contribution >= 4 is 32.2 Å². The summed E-state index contributed by atoms with van der Waals surface area (Å²) in [5.41, 5.74) is 0.655. The van der Waals surface area contributed by atoms with E-state index in [9.17, 15) is 8.42 Å². The van der Waals surface area contributed by atoms with Gasteiger partial charge in [-0.2, -0.15) is 13.5 Å². The first kappa shape index (κ1) is 18.3. The first-order chi connectivity index (χ1) is 11.5. The number of hydrogen-bond donors (Lipinski definition) is 1. The van der Waals surface area contributed by atoms with E-state index in [1.54, 1.807) is 37.4 Å². The zero-order chi connectivity index (χ0) is 17.6. The summed E-state index contributed by atoms with van der Waals surface area (Å²) in [6, 6.07) is 11.5. The third kappa shape index (κ3) is 4.48. The fraction of sp³-hybridized carbons (Fsp3) is 0.188. The van der Waals surface area contributed by atoms with Gasteiger partial charge in [-0.1, -0.05) is 18.2 Å².